The number of amides is 2. The number of aromatic nitrogens is 2. The van der Waals surface area contributed by atoms with E-state index in [0.717, 1.165) is 48.3 Å². The molecule has 1 aromatic heterocycles. The molecule has 2 amide bonds. The molecule has 0 unspecified atom stereocenters. The summed E-state index contributed by atoms with van der Waals surface area (Å²) in [6, 6.07) is 16.5. The number of rotatable bonds is 7. The van der Waals surface area contributed by atoms with Crippen molar-refractivity contribution in [3.63, 3.8) is 0 Å². The number of anilines is 4. The molecule has 0 spiro atoms. The molecule has 3 aromatic carbocycles. The SMILES string of the molecule is CN1CCC(COc2ccc3c(Nc4cccc(NC(=O)Nc5ccc(F)c(Cl)c5)c4)ncnc3c2)CC1. The van der Waals surface area contributed by atoms with Gasteiger partial charge in [-0.25, -0.2) is 19.2 Å². The summed E-state index contributed by atoms with van der Waals surface area (Å²) in [5.74, 6) is 1.45. The maximum absolute atomic E-state index is 13.4. The second-order valence-electron chi connectivity index (χ2n) is 9.37. The Morgan fingerprint density at radius 3 is 2.58 bits per heavy atom. The first-order chi connectivity index (χ1) is 18.4. The third-order valence-corrected chi connectivity index (χ3v) is 6.78. The quantitative estimate of drug-likeness (QED) is 0.250. The Morgan fingerprint density at radius 1 is 1.03 bits per heavy atom. The van der Waals surface area contributed by atoms with Gasteiger partial charge in [-0.15, -0.1) is 0 Å². The number of hydrogen-bond acceptors (Lipinski definition) is 6. The summed E-state index contributed by atoms with van der Waals surface area (Å²) in [6.45, 7) is 2.92. The number of likely N-dealkylation sites (tertiary alicyclic amines) is 1. The van der Waals surface area contributed by atoms with Gasteiger partial charge < -0.3 is 25.6 Å². The summed E-state index contributed by atoms with van der Waals surface area (Å²) in [4.78, 5) is 23.6. The summed E-state index contributed by atoms with van der Waals surface area (Å²) in [7, 11) is 2.15. The standard InChI is InChI=1S/C28H28ClFN6O2/c1-36-11-9-18(10-12-36)16-38-22-6-7-23-26(15-22)31-17-32-27(23)33-19-3-2-4-20(13-19)34-28(37)35-21-5-8-25(30)24(29)14-21/h2-8,13-15,17-18H,9-12,16H2,1H3,(H,31,32,33)(H2,34,35,37). The summed E-state index contributed by atoms with van der Waals surface area (Å²) >= 11 is 5.78. The topological polar surface area (TPSA) is 91.4 Å². The van der Waals surface area contributed by atoms with E-state index in [1.165, 1.54) is 24.5 Å². The van der Waals surface area contributed by atoms with Gasteiger partial charge in [-0.2, -0.15) is 0 Å². The number of fused-ring (bicyclic) bond motifs is 1. The van der Waals surface area contributed by atoms with Gasteiger partial charge in [0.25, 0.3) is 0 Å². The Labute approximate surface area is 225 Å². The third-order valence-electron chi connectivity index (χ3n) is 6.49. The molecule has 2 heterocycles. The smallest absolute Gasteiger partial charge is 0.323 e. The molecule has 0 aliphatic carbocycles. The average Bonchev–Trinajstić information content (AvgIpc) is 2.91. The highest BCUT2D eigenvalue weighted by molar-refractivity contribution is 6.31. The first-order valence-electron chi connectivity index (χ1n) is 12.4. The zero-order valence-corrected chi connectivity index (χ0v) is 21.6. The molecule has 8 nitrogen and oxygen atoms in total. The molecule has 196 valence electrons. The minimum atomic E-state index is -0.551. The summed E-state index contributed by atoms with van der Waals surface area (Å²) in [6.07, 6.45) is 3.81. The van der Waals surface area contributed by atoms with Crippen molar-refractivity contribution in [3.05, 3.63) is 77.8 Å². The van der Waals surface area contributed by atoms with Crippen molar-refractivity contribution < 1.29 is 13.9 Å². The Hall–Kier alpha value is -3.95. The van der Waals surface area contributed by atoms with Crippen LogP contribution in [-0.4, -0.2) is 47.6 Å². The molecule has 3 N–H and O–H groups in total. The fraction of sp³-hybridized carbons (Fsp3) is 0.250. The van der Waals surface area contributed by atoms with E-state index in [2.05, 4.69) is 37.9 Å². The molecule has 0 radical (unpaired) electrons. The number of hydrogen-bond donors (Lipinski definition) is 3. The second kappa shape index (κ2) is 11.6. The van der Waals surface area contributed by atoms with Crippen LogP contribution in [0.5, 0.6) is 5.75 Å². The average molecular weight is 535 g/mol. The minimum Gasteiger partial charge on any atom is -0.493 e. The monoisotopic (exact) mass is 534 g/mol. The van der Waals surface area contributed by atoms with Crippen LogP contribution in [0.2, 0.25) is 5.02 Å². The first-order valence-corrected chi connectivity index (χ1v) is 12.8. The van der Waals surface area contributed by atoms with E-state index in [1.807, 2.05) is 30.3 Å². The molecule has 1 aliphatic rings. The zero-order valence-electron chi connectivity index (χ0n) is 20.9. The van der Waals surface area contributed by atoms with Crippen LogP contribution in [0.3, 0.4) is 0 Å². The van der Waals surface area contributed by atoms with E-state index in [-0.39, 0.29) is 5.02 Å². The first kappa shape index (κ1) is 25.7. The molecule has 4 aromatic rings. The molecule has 5 rings (SSSR count). The molecule has 0 bridgehead atoms. The molecular weight excluding hydrogens is 507 g/mol. The normalized spacial score (nSPS) is 14.3. The van der Waals surface area contributed by atoms with E-state index in [1.54, 1.807) is 12.1 Å². The predicted octanol–water partition coefficient (Wildman–Crippen LogP) is 6.53. The van der Waals surface area contributed by atoms with Gasteiger partial charge in [0.05, 0.1) is 17.1 Å². The number of ether oxygens (including phenoxy) is 1. The highest BCUT2D eigenvalue weighted by atomic mass is 35.5. The van der Waals surface area contributed by atoms with Crippen molar-refractivity contribution >= 4 is 51.4 Å². The summed E-state index contributed by atoms with van der Waals surface area (Å²) in [5.41, 5.74) is 2.44. The molecule has 38 heavy (non-hydrogen) atoms. The van der Waals surface area contributed by atoms with E-state index in [9.17, 15) is 9.18 Å². The van der Waals surface area contributed by atoms with Crippen LogP contribution in [0, 0.1) is 11.7 Å². The lowest BCUT2D eigenvalue weighted by molar-refractivity contribution is 0.160. The predicted molar refractivity (Wildman–Crippen MR) is 149 cm³/mol. The van der Waals surface area contributed by atoms with Gasteiger partial charge in [0, 0.05) is 28.5 Å². The third kappa shape index (κ3) is 6.48. The number of carbonyl (C=O) groups excluding carboxylic acids is 1. The number of nitrogens with zero attached hydrogens (tertiary/aromatic N) is 3. The molecular formula is C28H28ClFN6O2. The zero-order chi connectivity index (χ0) is 26.5. The van der Waals surface area contributed by atoms with E-state index in [0.29, 0.717) is 29.7 Å². The number of carbonyl (C=O) groups is 1. The Balaban J connectivity index is 1.23. The lowest BCUT2D eigenvalue weighted by atomic mass is 9.98. The van der Waals surface area contributed by atoms with Crippen LogP contribution in [0.1, 0.15) is 12.8 Å². The van der Waals surface area contributed by atoms with Crippen LogP contribution in [0.4, 0.5) is 32.1 Å². The van der Waals surface area contributed by atoms with Gasteiger partial charge >= 0.3 is 6.03 Å². The fourth-order valence-corrected chi connectivity index (χ4v) is 4.53. The van der Waals surface area contributed by atoms with Crippen molar-refractivity contribution in [1.29, 1.82) is 0 Å². The summed E-state index contributed by atoms with van der Waals surface area (Å²) in [5, 5.41) is 9.48. The highest BCUT2D eigenvalue weighted by Crippen LogP contribution is 2.28. The van der Waals surface area contributed by atoms with Crippen LogP contribution in [-0.2, 0) is 0 Å². The van der Waals surface area contributed by atoms with Crippen molar-refractivity contribution in [1.82, 2.24) is 14.9 Å². The van der Waals surface area contributed by atoms with E-state index < -0.39 is 11.8 Å². The van der Waals surface area contributed by atoms with Gasteiger partial charge in [0.2, 0.25) is 0 Å². The lowest BCUT2D eigenvalue weighted by Gasteiger charge is -2.28. The lowest BCUT2D eigenvalue weighted by Crippen LogP contribution is -2.32. The van der Waals surface area contributed by atoms with E-state index >= 15 is 0 Å². The Morgan fingerprint density at radius 2 is 1.79 bits per heavy atom. The minimum absolute atomic E-state index is 0.0676. The van der Waals surface area contributed by atoms with Gasteiger partial charge in [0.15, 0.2) is 0 Å². The van der Waals surface area contributed by atoms with Crippen molar-refractivity contribution in [2.45, 2.75) is 12.8 Å². The molecule has 1 aliphatic heterocycles. The number of urea groups is 1. The Kier molecular flexibility index (Phi) is 7.86. The maximum atomic E-state index is 13.4. The number of piperidine rings is 1. The molecule has 1 fully saturated rings. The van der Waals surface area contributed by atoms with Crippen molar-refractivity contribution in [3.8, 4) is 5.75 Å². The van der Waals surface area contributed by atoms with Crippen LogP contribution >= 0.6 is 11.6 Å². The highest BCUT2D eigenvalue weighted by Gasteiger charge is 2.17. The summed E-state index contributed by atoms with van der Waals surface area (Å²) < 4.78 is 19.4. The van der Waals surface area contributed by atoms with Crippen molar-refractivity contribution in [2.24, 2.45) is 5.92 Å². The number of benzene rings is 3. The number of nitrogens with one attached hydrogen (secondary N) is 3. The molecule has 1 saturated heterocycles. The molecule has 10 heteroatoms. The van der Waals surface area contributed by atoms with Crippen LogP contribution < -0.4 is 20.7 Å². The second-order valence-corrected chi connectivity index (χ2v) is 9.78. The maximum Gasteiger partial charge on any atom is 0.323 e. The number of halogens is 2. The fourth-order valence-electron chi connectivity index (χ4n) is 4.35. The van der Waals surface area contributed by atoms with Crippen molar-refractivity contribution in [2.75, 3.05) is 42.7 Å². The van der Waals surface area contributed by atoms with Gasteiger partial charge in [0.1, 0.15) is 23.7 Å². The molecule has 0 saturated carbocycles. The Bertz CT molecular complexity index is 1440. The van der Waals surface area contributed by atoms with Gasteiger partial charge in [-0.3, -0.25) is 0 Å². The van der Waals surface area contributed by atoms with Gasteiger partial charge in [-0.1, -0.05) is 17.7 Å². The van der Waals surface area contributed by atoms with Gasteiger partial charge in [-0.05, 0) is 87.4 Å². The van der Waals surface area contributed by atoms with E-state index in [4.69, 9.17) is 16.3 Å². The molecule has 0 atom stereocenters. The largest absolute Gasteiger partial charge is 0.493 e. The van der Waals surface area contributed by atoms with Crippen LogP contribution in [0.25, 0.3) is 10.9 Å². The van der Waals surface area contributed by atoms with Crippen LogP contribution in [0.15, 0.2) is 67.0 Å².